The Balaban J connectivity index is 2.03. The second kappa shape index (κ2) is 8.29. The lowest BCUT2D eigenvalue weighted by molar-refractivity contribution is -0.142. The molecule has 0 fully saturated rings. The van der Waals surface area contributed by atoms with Crippen LogP contribution < -0.4 is 11.1 Å². The van der Waals surface area contributed by atoms with Crippen LogP contribution in [0.4, 0.5) is 0 Å². The van der Waals surface area contributed by atoms with Crippen LogP contribution in [0.3, 0.4) is 0 Å². The molecule has 0 aromatic heterocycles. The molecule has 0 aliphatic carbocycles. The number of hydrogen-bond donors (Lipinski definition) is 3. The van der Waals surface area contributed by atoms with Crippen molar-refractivity contribution in [2.24, 2.45) is 5.73 Å². The zero-order valence-electron chi connectivity index (χ0n) is 13.0. The highest BCUT2D eigenvalue weighted by Crippen LogP contribution is 2.19. The third-order valence-corrected chi connectivity index (χ3v) is 3.81. The number of nitrogens with one attached hydrogen (secondary N) is 1. The molecular weight excluding hydrogens is 292 g/mol. The molecule has 0 aliphatic rings. The first-order valence-electron chi connectivity index (χ1n) is 7.80. The molecule has 0 heterocycles. The quantitative estimate of drug-likeness (QED) is 0.650. The normalized spacial score (nSPS) is 12.0. The van der Waals surface area contributed by atoms with Gasteiger partial charge in [-0.05, 0) is 42.1 Å². The molecule has 1 atom stereocenters. The smallest absolute Gasteiger partial charge is 0.326 e. The maximum atomic E-state index is 12.2. The van der Waals surface area contributed by atoms with Gasteiger partial charge in [-0.1, -0.05) is 42.5 Å². The van der Waals surface area contributed by atoms with Gasteiger partial charge in [0, 0.05) is 0 Å². The Labute approximate surface area is 135 Å². The number of carboxylic acids is 1. The highest BCUT2D eigenvalue weighted by atomic mass is 16.4. The van der Waals surface area contributed by atoms with Gasteiger partial charge in [0.1, 0.15) is 6.04 Å². The maximum absolute atomic E-state index is 12.2. The van der Waals surface area contributed by atoms with Gasteiger partial charge in [-0.2, -0.15) is 0 Å². The van der Waals surface area contributed by atoms with Crippen molar-refractivity contribution >= 4 is 22.6 Å². The average Bonchev–Trinajstić information content (AvgIpc) is 2.54. The molecule has 122 valence electrons. The highest BCUT2D eigenvalue weighted by Gasteiger charge is 2.19. The first-order chi connectivity index (χ1) is 11.1. The molecule has 2 aromatic rings. The Kier molecular flexibility index (Phi) is 6.11. The fraction of sp³-hybridized carbons (Fsp3) is 0.333. The summed E-state index contributed by atoms with van der Waals surface area (Å²) < 4.78 is 0. The number of carboxylic acid groups (broad SMARTS) is 1. The van der Waals surface area contributed by atoms with E-state index >= 15 is 0 Å². The van der Waals surface area contributed by atoms with Gasteiger partial charge < -0.3 is 16.2 Å². The second-order valence-electron chi connectivity index (χ2n) is 5.56. The molecule has 23 heavy (non-hydrogen) atoms. The Hall–Kier alpha value is -2.40. The molecule has 0 radical (unpaired) electrons. The third kappa shape index (κ3) is 4.79. The summed E-state index contributed by atoms with van der Waals surface area (Å²) in [6.07, 6.45) is 2.00. The van der Waals surface area contributed by atoms with E-state index < -0.39 is 12.0 Å². The van der Waals surface area contributed by atoms with Crippen LogP contribution in [0.1, 0.15) is 24.8 Å². The predicted octanol–water partition coefficient (Wildman–Crippen LogP) is 2.08. The molecule has 0 saturated carbocycles. The van der Waals surface area contributed by atoms with E-state index in [1.165, 1.54) is 0 Å². The van der Waals surface area contributed by atoms with Crippen molar-refractivity contribution in [3.05, 3.63) is 48.0 Å². The topological polar surface area (TPSA) is 92.4 Å². The van der Waals surface area contributed by atoms with Crippen LogP contribution in [0.15, 0.2) is 42.5 Å². The third-order valence-electron chi connectivity index (χ3n) is 3.81. The van der Waals surface area contributed by atoms with E-state index in [1.54, 1.807) is 0 Å². The van der Waals surface area contributed by atoms with Crippen molar-refractivity contribution in [2.45, 2.75) is 31.7 Å². The lowest BCUT2D eigenvalue weighted by Crippen LogP contribution is -2.41. The van der Waals surface area contributed by atoms with E-state index in [2.05, 4.69) is 5.32 Å². The van der Waals surface area contributed by atoms with Crippen LogP contribution in [0.2, 0.25) is 0 Å². The Morgan fingerprint density at radius 2 is 1.83 bits per heavy atom. The van der Waals surface area contributed by atoms with Crippen molar-refractivity contribution in [3.8, 4) is 0 Å². The standard InChI is InChI=1S/C18H22N2O3/c19-11-4-3-10-16(18(22)23)20-17(21)12-14-8-5-7-13-6-1-2-9-15(13)14/h1-2,5-9,16H,3-4,10-12,19H2,(H,20,21)(H,22,23)/t16-/m0/s1. The number of benzene rings is 2. The van der Waals surface area contributed by atoms with Crippen molar-refractivity contribution in [3.63, 3.8) is 0 Å². The van der Waals surface area contributed by atoms with E-state index in [0.717, 1.165) is 22.8 Å². The van der Waals surface area contributed by atoms with E-state index in [1.807, 2.05) is 42.5 Å². The fourth-order valence-corrected chi connectivity index (χ4v) is 2.62. The van der Waals surface area contributed by atoms with Crippen LogP contribution in [-0.2, 0) is 16.0 Å². The van der Waals surface area contributed by atoms with Crippen molar-refractivity contribution < 1.29 is 14.7 Å². The van der Waals surface area contributed by atoms with Gasteiger partial charge in [-0.15, -0.1) is 0 Å². The van der Waals surface area contributed by atoms with Crippen LogP contribution >= 0.6 is 0 Å². The molecule has 0 bridgehead atoms. The SMILES string of the molecule is NCCCC[C@H](NC(=O)Cc1cccc2ccccc12)C(=O)O. The Morgan fingerprint density at radius 3 is 2.57 bits per heavy atom. The number of fused-ring (bicyclic) bond motifs is 1. The molecular formula is C18H22N2O3. The summed E-state index contributed by atoms with van der Waals surface area (Å²) in [6.45, 7) is 0.524. The van der Waals surface area contributed by atoms with E-state index in [4.69, 9.17) is 5.73 Å². The number of carbonyl (C=O) groups excluding carboxylic acids is 1. The van der Waals surface area contributed by atoms with Gasteiger partial charge in [-0.25, -0.2) is 4.79 Å². The van der Waals surface area contributed by atoms with Crippen molar-refractivity contribution in [1.82, 2.24) is 5.32 Å². The van der Waals surface area contributed by atoms with E-state index in [0.29, 0.717) is 19.4 Å². The fourth-order valence-electron chi connectivity index (χ4n) is 2.62. The summed E-state index contributed by atoms with van der Waals surface area (Å²) in [5.41, 5.74) is 6.31. The van der Waals surface area contributed by atoms with Crippen molar-refractivity contribution in [2.75, 3.05) is 6.54 Å². The number of carbonyl (C=O) groups is 2. The van der Waals surface area contributed by atoms with Gasteiger partial charge in [0.15, 0.2) is 0 Å². The number of aliphatic carboxylic acids is 1. The summed E-state index contributed by atoms with van der Waals surface area (Å²) in [4.78, 5) is 23.5. The molecule has 2 aromatic carbocycles. The van der Waals surface area contributed by atoms with Crippen LogP contribution in [-0.4, -0.2) is 29.6 Å². The number of amides is 1. The largest absolute Gasteiger partial charge is 0.480 e. The number of hydrogen-bond acceptors (Lipinski definition) is 3. The summed E-state index contributed by atoms with van der Waals surface area (Å²) >= 11 is 0. The molecule has 0 saturated heterocycles. The van der Waals surface area contributed by atoms with Crippen molar-refractivity contribution in [1.29, 1.82) is 0 Å². The number of unbranched alkanes of at least 4 members (excludes halogenated alkanes) is 1. The lowest BCUT2D eigenvalue weighted by Gasteiger charge is -2.15. The Bertz CT molecular complexity index is 680. The van der Waals surface area contributed by atoms with Gasteiger partial charge in [-0.3, -0.25) is 4.79 Å². The molecule has 1 amide bonds. The summed E-state index contributed by atoms with van der Waals surface area (Å²) in [5.74, 6) is -1.28. The molecule has 4 N–H and O–H groups in total. The van der Waals surface area contributed by atoms with Gasteiger partial charge in [0.2, 0.25) is 5.91 Å². The van der Waals surface area contributed by atoms with Crippen LogP contribution in [0.5, 0.6) is 0 Å². The number of nitrogens with two attached hydrogens (primary N) is 1. The summed E-state index contributed by atoms with van der Waals surface area (Å²) in [6, 6.07) is 12.8. The van der Waals surface area contributed by atoms with Gasteiger partial charge in [0.05, 0.1) is 6.42 Å². The minimum atomic E-state index is -1.01. The van der Waals surface area contributed by atoms with Crippen LogP contribution in [0.25, 0.3) is 10.8 Å². The van der Waals surface area contributed by atoms with E-state index in [9.17, 15) is 14.7 Å². The molecule has 0 unspecified atom stereocenters. The summed E-state index contributed by atoms with van der Waals surface area (Å²) in [7, 11) is 0. The molecule has 0 aliphatic heterocycles. The maximum Gasteiger partial charge on any atom is 0.326 e. The zero-order valence-corrected chi connectivity index (χ0v) is 13.0. The highest BCUT2D eigenvalue weighted by molar-refractivity contribution is 5.91. The first-order valence-corrected chi connectivity index (χ1v) is 7.80. The monoisotopic (exact) mass is 314 g/mol. The van der Waals surface area contributed by atoms with Gasteiger partial charge in [0.25, 0.3) is 0 Å². The lowest BCUT2D eigenvalue weighted by atomic mass is 10.0. The average molecular weight is 314 g/mol. The zero-order chi connectivity index (χ0) is 16.7. The molecule has 2 rings (SSSR count). The second-order valence-corrected chi connectivity index (χ2v) is 5.56. The van der Waals surface area contributed by atoms with E-state index in [-0.39, 0.29) is 12.3 Å². The minimum Gasteiger partial charge on any atom is -0.480 e. The molecule has 0 spiro atoms. The van der Waals surface area contributed by atoms with Gasteiger partial charge >= 0.3 is 5.97 Å². The minimum absolute atomic E-state index is 0.169. The van der Waals surface area contributed by atoms with Crippen LogP contribution in [0, 0.1) is 0 Å². The molecule has 5 nitrogen and oxygen atoms in total. The number of rotatable bonds is 8. The first kappa shape index (κ1) is 17.0. The molecule has 5 heteroatoms. The summed E-state index contributed by atoms with van der Waals surface area (Å²) in [5, 5.41) is 13.9. The predicted molar refractivity (Wildman–Crippen MR) is 90.1 cm³/mol. The Morgan fingerprint density at radius 1 is 1.09 bits per heavy atom.